The van der Waals surface area contributed by atoms with Crippen molar-refractivity contribution >= 4 is 33.3 Å². The lowest BCUT2D eigenvalue weighted by Gasteiger charge is -2.38. The van der Waals surface area contributed by atoms with Gasteiger partial charge in [0.25, 0.3) is 5.56 Å². The highest BCUT2D eigenvalue weighted by molar-refractivity contribution is 7.19. The molecule has 5 atom stereocenters. The smallest absolute Gasteiger partial charge is 0.410 e. The van der Waals surface area contributed by atoms with Gasteiger partial charge in [-0.05, 0) is 106 Å². The Bertz CT molecular complexity index is 2170. The Morgan fingerprint density at radius 3 is 2.63 bits per heavy atom. The van der Waals surface area contributed by atoms with E-state index in [1.165, 1.54) is 10.2 Å². The molecule has 0 spiro atoms. The van der Waals surface area contributed by atoms with E-state index in [-0.39, 0.29) is 35.4 Å². The molecule has 3 aliphatic heterocycles. The molecule has 4 aliphatic rings. The summed E-state index contributed by atoms with van der Waals surface area (Å²) in [7, 11) is 0. The Balaban J connectivity index is 1.15. The van der Waals surface area contributed by atoms with Crippen LogP contribution in [0.2, 0.25) is 0 Å². The lowest BCUT2D eigenvalue weighted by atomic mass is 9.89. The van der Waals surface area contributed by atoms with E-state index in [1.807, 2.05) is 50.1 Å². The van der Waals surface area contributed by atoms with Gasteiger partial charge >= 0.3 is 6.09 Å². The second-order valence-corrected chi connectivity index (χ2v) is 18.5. The maximum atomic E-state index is 13.7. The molecule has 1 aliphatic carbocycles. The molecule has 0 N–H and O–H groups in total. The van der Waals surface area contributed by atoms with E-state index < -0.39 is 5.60 Å². The molecule has 0 radical (unpaired) electrons. The van der Waals surface area contributed by atoms with E-state index in [0.29, 0.717) is 43.7 Å². The van der Waals surface area contributed by atoms with E-state index in [1.54, 1.807) is 23.6 Å². The van der Waals surface area contributed by atoms with Gasteiger partial charge in [0, 0.05) is 59.7 Å². The van der Waals surface area contributed by atoms with Gasteiger partial charge in [-0.2, -0.15) is 10.4 Å². The fourth-order valence-electron chi connectivity index (χ4n) is 8.30. The highest BCUT2D eigenvalue weighted by Gasteiger charge is 2.50. The number of amides is 1. The predicted octanol–water partition coefficient (Wildman–Crippen LogP) is 7.58. The number of carbonyl (C=O) groups excluding carboxylic acids is 1. The van der Waals surface area contributed by atoms with Gasteiger partial charge in [-0.25, -0.2) is 9.48 Å². The van der Waals surface area contributed by atoms with Crippen molar-refractivity contribution in [1.29, 1.82) is 5.26 Å². The second kappa shape index (κ2) is 14.1. The molecular weight excluding hydrogens is 701 g/mol. The van der Waals surface area contributed by atoms with Crippen molar-refractivity contribution < 1.29 is 19.0 Å². The van der Waals surface area contributed by atoms with Crippen molar-refractivity contribution in [3.8, 4) is 17.2 Å². The summed E-state index contributed by atoms with van der Waals surface area (Å²) in [6.45, 7) is 14.7. The summed E-state index contributed by atoms with van der Waals surface area (Å²) in [6, 6.07) is 12.2. The van der Waals surface area contributed by atoms with Crippen LogP contribution < -0.4 is 10.5 Å². The summed E-state index contributed by atoms with van der Waals surface area (Å²) in [5.74, 6) is 0.904. The highest BCUT2D eigenvalue weighted by Crippen LogP contribution is 2.58. The zero-order valence-electron chi connectivity index (χ0n) is 32.1. The molecule has 1 aromatic carbocycles. The van der Waals surface area contributed by atoms with Gasteiger partial charge in [0.05, 0.1) is 47.2 Å². The van der Waals surface area contributed by atoms with Crippen LogP contribution in [-0.2, 0) is 26.2 Å². The van der Waals surface area contributed by atoms with Crippen molar-refractivity contribution in [3.63, 3.8) is 0 Å². The fraction of sp³-hybridized carbons (Fsp3) is 0.548. The summed E-state index contributed by atoms with van der Waals surface area (Å²) in [4.78, 5) is 36.9. The van der Waals surface area contributed by atoms with Crippen molar-refractivity contribution in [3.05, 3.63) is 74.6 Å². The number of anilines is 1. The van der Waals surface area contributed by atoms with Crippen molar-refractivity contribution in [1.82, 2.24) is 19.7 Å². The molecule has 12 heteroatoms. The second-order valence-electron chi connectivity index (χ2n) is 17.4. The number of rotatable bonds is 7. The van der Waals surface area contributed by atoms with Gasteiger partial charge < -0.3 is 24.0 Å². The predicted molar refractivity (Wildman–Crippen MR) is 209 cm³/mol. The van der Waals surface area contributed by atoms with Crippen LogP contribution in [0, 0.1) is 17.2 Å². The summed E-state index contributed by atoms with van der Waals surface area (Å²) < 4.78 is 20.6. The van der Waals surface area contributed by atoms with Crippen LogP contribution in [0.5, 0.6) is 0 Å². The van der Waals surface area contributed by atoms with Crippen LogP contribution in [0.1, 0.15) is 101 Å². The monoisotopic (exact) mass is 750 g/mol. The summed E-state index contributed by atoms with van der Waals surface area (Å²) in [6.07, 6.45) is 7.82. The minimum atomic E-state index is -0.626. The van der Waals surface area contributed by atoms with E-state index in [0.717, 1.165) is 76.1 Å². The summed E-state index contributed by atoms with van der Waals surface area (Å²) in [5.41, 5.74) is 5.80. The van der Waals surface area contributed by atoms with Gasteiger partial charge in [0.2, 0.25) is 0 Å². The van der Waals surface area contributed by atoms with Crippen LogP contribution in [0.3, 0.4) is 0 Å². The Morgan fingerprint density at radius 2 is 1.91 bits per heavy atom. The van der Waals surface area contributed by atoms with Crippen LogP contribution >= 0.6 is 11.3 Å². The first-order valence-electron chi connectivity index (χ1n) is 19.3. The van der Waals surface area contributed by atoms with Gasteiger partial charge in [-0.1, -0.05) is 20.8 Å². The van der Waals surface area contributed by atoms with E-state index >= 15 is 0 Å². The number of benzene rings is 1. The molecule has 0 bridgehead atoms. The topological polar surface area (TPSA) is 123 Å². The van der Waals surface area contributed by atoms with Gasteiger partial charge in [0.15, 0.2) is 6.29 Å². The summed E-state index contributed by atoms with van der Waals surface area (Å²) in [5, 5.41) is 14.8. The van der Waals surface area contributed by atoms with E-state index in [4.69, 9.17) is 19.2 Å². The number of hydrogen-bond acceptors (Lipinski definition) is 10. The maximum absolute atomic E-state index is 13.7. The fourth-order valence-corrected chi connectivity index (χ4v) is 9.43. The largest absolute Gasteiger partial charge is 0.444 e. The summed E-state index contributed by atoms with van der Waals surface area (Å²) >= 11 is 1.61. The number of carbonyl (C=O) groups is 1. The van der Waals surface area contributed by atoms with Crippen LogP contribution in [0.15, 0.2) is 47.5 Å². The normalized spacial score (nSPS) is 23.9. The molecule has 3 unspecified atom stereocenters. The minimum Gasteiger partial charge on any atom is -0.444 e. The number of ether oxygens (including phenoxy) is 3. The number of nitriles is 1. The number of fused-ring (bicyclic) bond motifs is 4. The average Bonchev–Trinajstić information content (AvgIpc) is 3.60. The first kappa shape index (κ1) is 36.7. The average molecular weight is 751 g/mol. The van der Waals surface area contributed by atoms with Crippen LogP contribution in [0.4, 0.5) is 10.5 Å². The standard InChI is InChI=1S/C42H50N6O5S/c1-41(2,3)27-16-36(49)48(45-20-27)23-30-18-35-39(54-30)31(10-11-44-35)33-13-25(19-43)14-34-32-15-26(32)21-46(38(33)34)28-17-29(24-52-37-9-7-8-12-51-37)47(22-28)40(50)53-42(4,5)6/h10-11,13-14,16,18,20,26,28-29,32,37H,7-9,12,15,17,21-24H2,1-6H3/t26?,28-,29+,32?,37?/m0/s1. The number of thiophene rings is 1. The molecule has 1 amide bonds. The lowest BCUT2D eigenvalue weighted by Crippen LogP contribution is -2.44. The third-order valence-corrected chi connectivity index (χ3v) is 12.3. The zero-order valence-corrected chi connectivity index (χ0v) is 32.9. The maximum Gasteiger partial charge on any atom is 0.410 e. The highest BCUT2D eigenvalue weighted by atomic mass is 32.1. The van der Waals surface area contributed by atoms with E-state index in [2.05, 4.69) is 42.9 Å². The van der Waals surface area contributed by atoms with Gasteiger partial charge in [-0.3, -0.25) is 9.78 Å². The molecule has 6 heterocycles. The number of hydrogen-bond donors (Lipinski definition) is 0. The number of likely N-dealkylation sites (tertiary alicyclic amines) is 1. The molecule has 4 aromatic rings. The number of pyridine rings is 1. The Labute approximate surface area is 320 Å². The molecule has 11 nitrogen and oxygen atoms in total. The molecule has 54 heavy (non-hydrogen) atoms. The molecule has 2 saturated heterocycles. The molecule has 3 fully saturated rings. The Morgan fingerprint density at radius 1 is 1.07 bits per heavy atom. The Hall–Kier alpha value is -4.31. The van der Waals surface area contributed by atoms with Gasteiger partial charge in [-0.15, -0.1) is 11.3 Å². The lowest BCUT2D eigenvalue weighted by molar-refractivity contribution is -0.168. The van der Waals surface area contributed by atoms with Crippen molar-refractivity contribution in [2.45, 2.75) is 115 Å². The minimum absolute atomic E-state index is 0.0237. The van der Waals surface area contributed by atoms with E-state index in [9.17, 15) is 14.9 Å². The molecule has 8 rings (SSSR count). The first-order chi connectivity index (χ1) is 25.8. The molecule has 284 valence electrons. The third-order valence-electron chi connectivity index (χ3n) is 11.2. The third kappa shape index (κ3) is 7.38. The van der Waals surface area contributed by atoms with Crippen molar-refractivity contribution in [2.24, 2.45) is 5.92 Å². The molecule has 3 aromatic heterocycles. The van der Waals surface area contributed by atoms with Crippen LogP contribution in [0.25, 0.3) is 21.3 Å². The van der Waals surface area contributed by atoms with Gasteiger partial charge in [0.1, 0.15) is 5.60 Å². The Kier molecular flexibility index (Phi) is 9.56. The number of aromatic nitrogens is 3. The van der Waals surface area contributed by atoms with Crippen LogP contribution in [-0.4, -0.2) is 76.0 Å². The quantitative estimate of drug-likeness (QED) is 0.188. The number of nitrogens with zero attached hydrogens (tertiary/aromatic N) is 6. The zero-order chi connectivity index (χ0) is 37.9. The molecule has 1 saturated carbocycles. The molecular formula is C42H50N6O5S. The first-order valence-corrected chi connectivity index (χ1v) is 20.1. The van der Waals surface area contributed by atoms with Crippen molar-refractivity contribution in [2.75, 3.05) is 31.2 Å². The SMILES string of the molecule is CC(C)(C)OC(=O)N1C[C@@H](N2CC3CC3c3cc(C#N)cc(-c4ccnc5cc(Cn6ncc(C(C)(C)C)cc6=O)sc45)c32)C[C@@H]1COC1CCCCO1.